The molecule has 1 aromatic heterocycles. The van der Waals surface area contributed by atoms with E-state index in [1.807, 2.05) is 13.8 Å². The largest absolute Gasteiger partial charge is 0.388 e. The van der Waals surface area contributed by atoms with Crippen molar-refractivity contribution >= 4 is 5.82 Å². The van der Waals surface area contributed by atoms with Crippen LogP contribution in [0.1, 0.15) is 18.9 Å². The predicted octanol–water partition coefficient (Wildman–Crippen LogP) is 0.746. The molecule has 1 saturated heterocycles. The molecule has 14 heavy (non-hydrogen) atoms. The zero-order chi connectivity index (χ0) is 10.2. The zero-order valence-electron chi connectivity index (χ0n) is 8.56. The Morgan fingerprint density at radius 3 is 2.93 bits per heavy atom. The maximum Gasteiger partial charge on any atom is 0.134 e. The van der Waals surface area contributed by atoms with Crippen LogP contribution in [0.5, 0.6) is 0 Å². The molecule has 0 aromatic carbocycles. The van der Waals surface area contributed by atoms with Crippen LogP contribution in [0, 0.1) is 6.92 Å². The number of aliphatic hydroxyl groups is 1. The van der Waals surface area contributed by atoms with E-state index in [0.29, 0.717) is 6.54 Å². The lowest BCUT2D eigenvalue weighted by atomic mass is 10.1. The van der Waals surface area contributed by atoms with Gasteiger partial charge >= 0.3 is 0 Å². The molecule has 0 amide bonds. The van der Waals surface area contributed by atoms with Gasteiger partial charge in [-0.3, -0.25) is 0 Å². The topological polar surface area (TPSA) is 49.2 Å². The average molecular weight is 193 g/mol. The van der Waals surface area contributed by atoms with Crippen LogP contribution in [0.15, 0.2) is 12.5 Å². The summed E-state index contributed by atoms with van der Waals surface area (Å²) in [7, 11) is 0. The number of hydrogen-bond donors (Lipinski definition) is 1. The molecular formula is C10H15N3O. The second-order valence-corrected chi connectivity index (χ2v) is 4.20. The molecule has 1 unspecified atom stereocenters. The zero-order valence-corrected chi connectivity index (χ0v) is 8.56. The summed E-state index contributed by atoms with van der Waals surface area (Å²) in [5, 5.41) is 9.83. The maximum absolute atomic E-state index is 9.83. The predicted molar refractivity (Wildman–Crippen MR) is 54.2 cm³/mol. The van der Waals surface area contributed by atoms with E-state index in [-0.39, 0.29) is 0 Å². The van der Waals surface area contributed by atoms with Crippen LogP contribution >= 0.6 is 0 Å². The molecule has 2 rings (SSSR count). The number of hydrogen-bond acceptors (Lipinski definition) is 4. The van der Waals surface area contributed by atoms with Gasteiger partial charge in [0.2, 0.25) is 0 Å². The standard InChI is InChI=1S/C10H15N3O/c1-8-5-11-7-12-9(8)13-4-3-10(2,14)6-13/h5,7,14H,3-4,6H2,1-2H3. The fourth-order valence-electron chi connectivity index (χ4n) is 1.85. The third kappa shape index (κ3) is 1.70. The van der Waals surface area contributed by atoms with E-state index in [1.165, 1.54) is 0 Å². The van der Waals surface area contributed by atoms with E-state index in [4.69, 9.17) is 0 Å². The molecule has 76 valence electrons. The Hall–Kier alpha value is -1.16. The first kappa shape index (κ1) is 9.40. The molecule has 0 bridgehead atoms. The van der Waals surface area contributed by atoms with Crippen LogP contribution < -0.4 is 4.90 Å². The molecule has 1 aliphatic heterocycles. The first-order valence-electron chi connectivity index (χ1n) is 4.82. The molecule has 0 saturated carbocycles. The Kier molecular flexibility index (Phi) is 2.15. The number of aromatic nitrogens is 2. The summed E-state index contributed by atoms with van der Waals surface area (Å²) in [6.45, 7) is 5.38. The van der Waals surface area contributed by atoms with Crippen molar-refractivity contribution in [2.45, 2.75) is 25.9 Å². The van der Waals surface area contributed by atoms with Crippen LogP contribution in [0.3, 0.4) is 0 Å². The second-order valence-electron chi connectivity index (χ2n) is 4.20. The van der Waals surface area contributed by atoms with Gasteiger partial charge in [0, 0.05) is 24.8 Å². The van der Waals surface area contributed by atoms with Crippen LogP contribution in [0.4, 0.5) is 5.82 Å². The molecule has 1 fully saturated rings. The summed E-state index contributed by atoms with van der Waals surface area (Å²) < 4.78 is 0. The summed E-state index contributed by atoms with van der Waals surface area (Å²) in [4.78, 5) is 10.3. The number of β-amino-alcohol motifs (C(OH)–C–C–N with tert-alkyl or cyclic N) is 1. The van der Waals surface area contributed by atoms with Gasteiger partial charge in [-0.25, -0.2) is 9.97 Å². The van der Waals surface area contributed by atoms with Crippen molar-refractivity contribution in [3.63, 3.8) is 0 Å². The van der Waals surface area contributed by atoms with Gasteiger partial charge in [0.05, 0.1) is 5.60 Å². The molecule has 1 atom stereocenters. The lowest BCUT2D eigenvalue weighted by Gasteiger charge is -2.20. The molecule has 4 nitrogen and oxygen atoms in total. The lowest BCUT2D eigenvalue weighted by molar-refractivity contribution is 0.0839. The van der Waals surface area contributed by atoms with Crippen molar-refractivity contribution in [1.29, 1.82) is 0 Å². The van der Waals surface area contributed by atoms with E-state index < -0.39 is 5.60 Å². The Bertz CT molecular complexity index is 338. The summed E-state index contributed by atoms with van der Waals surface area (Å²) in [6, 6.07) is 0. The van der Waals surface area contributed by atoms with E-state index >= 15 is 0 Å². The van der Waals surface area contributed by atoms with E-state index in [9.17, 15) is 5.11 Å². The molecule has 2 heterocycles. The van der Waals surface area contributed by atoms with E-state index in [0.717, 1.165) is 24.3 Å². The molecule has 0 aliphatic carbocycles. The minimum absolute atomic E-state index is 0.572. The number of rotatable bonds is 1. The first-order valence-corrected chi connectivity index (χ1v) is 4.82. The van der Waals surface area contributed by atoms with Crippen molar-refractivity contribution in [3.05, 3.63) is 18.1 Å². The van der Waals surface area contributed by atoms with Crippen molar-refractivity contribution in [2.75, 3.05) is 18.0 Å². The summed E-state index contributed by atoms with van der Waals surface area (Å²) >= 11 is 0. The van der Waals surface area contributed by atoms with Crippen LogP contribution in [0.2, 0.25) is 0 Å². The van der Waals surface area contributed by atoms with Crippen LogP contribution in [-0.4, -0.2) is 33.8 Å². The number of nitrogens with zero attached hydrogens (tertiary/aromatic N) is 3. The van der Waals surface area contributed by atoms with Crippen LogP contribution in [0.25, 0.3) is 0 Å². The van der Waals surface area contributed by atoms with Crippen molar-refractivity contribution < 1.29 is 5.11 Å². The van der Waals surface area contributed by atoms with Gasteiger partial charge in [-0.1, -0.05) is 0 Å². The Morgan fingerprint density at radius 2 is 2.36 bits per heavy atom. The molecule has 1 aliphatic rings. The molecule has 0 radical (unpaired) electrons. The summed E-state index contributed by atoms with van der Waals surface area (Å²) in [5.74, 6) is 0.942. The van der Waals surface area contributed by atoms with Gasteiger partial charge in [0.15, 0.2) is 0 Å². The van der Waals surface area contributed by atoms with Gasteiger partial charge in [-0.05, 0) is 20.3 Å². The van der Waals surface area contributed by atoms with Crippen molar-refractivity contribution in [1.82, 2.24) is 9.97 Å². The maximum atomic E-state index is 9.83. The van der Waals surface area contributed by atoms with E-state index in [1.54, 1.807) is 12.5 Å². The van der Waals surface area contributed by atoms with Crippen LogP contribution in [-0.2, 0) is 0 Å². The highest BCUT2D eigenvalue weighted by molar-refractivity contribution is 5.46. The smallest absolute Gasteiger partial charge is 0.134 e. The van der Waals surface area contributed by atoms with E-state index in [2.05, 4.69) is 14.9 Å². The average Bonchev–Trinajstić information content (AvgIpc) is 2.47. The normalized spacial score (nSPS) is 26.9. The minimum Gasteiger partial charge on any atom is -0.388 e. The van der Waals surface area contributed by atoms with Gasteiger partial charge in [-0.2, -0.15) is 0 Å². The Morgan fingerprint density at radius 1 is 1.57 bits per heavy atom. The molecule has 4 heteroatoms. The molecular weight excluding hydrogens is 178 g/mol. The molecule has 0 spiro atoms. The second kappa shape index (κ2) is 3.20. The van der Waals surface area contributed by atoms with Crippen molar-refractivity contribution in [2.24, 2.45) is 0 Å². The Labute approximate surface area is 83.6 Å². The summed E-state index contributed by atoms with van der Waals surface area (Å²) in [6.07, 6.45) is 4.15. The SMILES string of the molecule is Cc1cncnc1N1CCC(C)(O)C1. The third-order valence-corrected chi connectivity index (χ3v) is 2.62. The highest BCUT2D eigenvalue weighted by Crippen LogP contribution is 2.26. The summed E-state index contributed by atoms with van der Waals surface area (Å²) in [5.41, 5.74) is 0.488. The Balaban J connectivity index is 2.22. The molecule has 1 aromatic rings. The quantitative estimate of drug-likeness (QED) is 0.715. The van der Waals surface area contributed by atoms with Gasteiger partial charge < -0.3 is 10.0 Å². The number of aryl methyl sites for hydroxylation is 1. The number of anilines is 1. The fraction of sp³-hybridized carbons (Fsp3) is 0.600. The lowest BCUT2D eigenvalue weighted by Crippen LogP contribution is -2.30. The fourth-order valence-corrected chi connectivity index (χ4v) is 1.85. The van der Waals surface area contributed by atoms with Gasteiger partial charge in [0.1, 0.15) is 12.1 Å². The molecule has 1 N–H and O–H groups in total. The minimum atomic E-state index is -0.572. The van der Waals surface area contributed by atoms with Crippen molar-refractivity contribution in [3.8, 4) is 0 Å². The highest BCUT2D eigenvalue weighted by atomic mass is 16.3. The first-order chi connectivity index (χ1) is 6.58. The van der Waals surface area contributed by atoms with Gasteiger partial charge in [0.25, 0.3) is 0 Å². The third-order valence-electron chi connectivity index (χ3n) is 2.62. The monoisotopic (exact) mass is 193 g/mol. The highest BCUT2D eigenvalue weighted by Gasteiger charge is 2.32. The van der Waals surface area contributed by atoms with Gasteiger partial charge in [-0.15, -0.1) is 0 Å².